The molecule has 0 saturated carbocycles. The Bertz CT molecular complexity index is 453. The Hall–Kier alpha value is -1.61. The molecule has 0 heterocycles. The van der Waals surface area contributed by atoms with Gasteiger partial charge in [-0.1, -0.05) is 37.3 Å². The van der Waals surface area contributed by atoms with Crippen LogP contribution >= 0.6 is 0 Å². The molecular formula is C16H22O3. The minimum atomic E-state index is -1.05. The molecule has 0 aliphatic rings. The summed E-state index contributed by atoms with van der Waals surface area (Å²) < 4.78 is 4.72. The van der Waals surface area contributed by atoms with Gasteiger partial charge in [0, 0.05) is 0 Å². The van der Waals surface area contributed by atoms with E-state index in [1.165, 1.54) is 7.11 Å². The number of aliphatic hydroxyl groups is 1. The first-order valence-electron chi connectivity index (χ1n) is 6.47. The highest BCUT2D eigenvalue weighted by Gasteiger charge is 2.25. The van der Waals surface area contributed by atoms with Gasteiger partial charge >= 0.3 is 5.97 Å². The zero-order valence-corrected chi connectivity index (χ0v) is 12.1. The Morgan fingerprint density at radius 2 is 1.84 bits per heavy atom. The molecule has 1 aromatic carbocycles. The van der Waals surface area contributed by atoms with Crippen LogP contribution in [-0.4, -0.2) is 23.8 Å². The molecule has 0 aliphatic heterocycles. The van der Waals surface area contributed by atoms with Crippen LogP contribution in [0.4, 0.5) is 0 Å². The van der Waals surface area contributed by atoms with Crippen LogP contribution in [0.15, 0.2) is 35.9 Å². The molecule has 3 heteroatoms. The van der Waals surface area contributed by atoms with Crippen LogP contribution in [0.5, 0.6) is 0 Å². The molecule has 0 atom stereocenters. The van der Waals surface area contributed by atoms with E-state index >= 15 is 0 Å². The van der Waals surface area contributed by atoms with Gasteiger partial charge < -0.3 is 9.84 Å². The molecule has 19 heavy (non-hydrogen) atoms. The molecule has 0 unspecified atom stereocenters. The second-order valence-electron chi connectivity index (χ2n) is 4.99. The van der Waals surface area contributed by atoms with Crippen molar-refractivity contribution in [3.8, 4) is 0 Å². The van der Waals surface area contributed by atoms with Crippen LogP contribution in [-0.2, 0) is 9.53 Å². The molecule has 1 N–H and O–H groups in total. The molecule has 0 spiro atoms. The van der Waals surface area contributed by atoms with Crippen LogP contribution in [0, 0.1) is 0 Å². The minimum absolute atomic E-state index is 0.109. The lowest BCUT2D eigenvalue weighted by Gasteiger charge is -2.25. The second kappa shape index (κ2) is 6.53. The highest BCUT2D eigenvalue weighted by Crippen LogP contribution is 2.31. The predicted molar refractivity (Wildman–Crippen MR) is 76.6 cm³/mol. The number of esters is 1. The lowest BCUT2D eigenvalue weighted by atomic mass is 9.86. The van der Waals surface area contributed by atoms with Gasteiger partial charge in [0.05, 0.1) is 19.1 Å². The summed E-state index contributed by atoms with van der Waals surface area (Å²) in [6.07, 6.45) is 0.860. The van der Waals surface area contributed by atoms with Crippen molar-refractivity contribution in [1.82, 2.24) is 0 Å². The highest BCUT2D eigenvalue weighted by molar-refractivity contribution is 5.79. The summed E-state index contributed by atoms with van der Waals surface area (Å²) in [5.41, 5.74) is 1.70. The van der Waals surface area contributed by atoms with Gasteiger partial charge in [-0.3, -0.25) is 4.79 Å². The second-order valence-corrected chi connectivity index (χ2v) is 4.99. The Labute approximate surface area is 114 Å². The average Bonchev–Trinajstić information content (AvgIpc) is 2.38. The van der Waals surface area contributed by atoms with Crippen molar-refractivity contribution in [3.05, 3.63) is 41.5 Å². The molecule has 0 saturated heterocycles. The molecule has 1 aromatic rings. The van der Waals surface area contributed by atoms with Gasteiger partial charge in [-0.25, -0.2) is 0 Å². The number of hydrogen-bond donors (Lipinski definition) is 1. The van der Waals surface area contributed by atoms with E-state index in [0.29, 0.717) is 5.57 Å². The summed E-state index contributed by atoms with van der Waals surface area (Å²) in [6, 6.07) is 9.82. The first kappa shape index (κ1) is 15.4. The van der Waals surface area contributed by atoms with Crippen molar-refractivity contribution in [2.45, 2.75) is 39.2 Å². The maximum atomic E-state index is 11.6. The number of ether oxygens (including phenoxy) is 1. The smallest absolute Gasteiger partial charge is 0.309 e. The van der Waals surface area contributed by atoms with Crippen LogP contribution in [0.2, 0.25) is 0 Å². The van der Waals surface area contributed by atoms with Crippen molar-refractivity contribution >= 4 is 11.5 Å². The van der Waals surface area contributed by atoms with Crippen molar-refractivity contribution in [2.75, 3.05) is 7.11 Å². The Morgan fingerprint density at radius 3 is 2.26 bits per heavy atom. The fourth-order valence-corrected chi connectivity index (χ4v) is 2.14. The summed E-state index contributed by atoms with van der Waals surface area (Å²) in [6.45, 7) is 5.42. The normalized spacial score (nSPS) is 12.9. The largest absolute Gasteiger partial charge is 0.469 e. The molecule has 0 aliphatic carbocycles. The van der Waals surface area contributed by atoms with Gasteiger partial charge in [0.1, 0.15) is 0 Å². The van der Waals surface area contributed by atoms with Crippen molar-refractivity contribution < 1.29 is 14.6 Å². The molecule has 104 valence electrons. The minimum Gasteiger partial charge on any atom is -0.469 e. The Morgan fingerprint density at radius 1 is 1.26 bits per heavy atom. The van der Waals surface area contributed by atoms with E-state index in [4.69, 9.17) is 4.74 Å². The number of methoxy groups -OCH3 is 1. The van der Waals surface area contributed by atoms with E-state index in [-0.39, 0.29) is 12.4 Å². The summed E-state index contributed by atoms with van der Waals surface area (Å²) in [4.78, 5) is 11.6. The maximum absolute atomic E-state index is 11.6. The standard InChI is InChI=1S/C16H22O3/c1-5-13(12-9-7-6-8-10-12)14(16(2,3)18)11-15(17)19-4/h6-10,18H,5,11H2,1-4H3/b14-13-. The summed E-state index contributed by atoms with van der Waals surface area (Å²) in [5.74, 6) is -0.334. The summed E-state index contributed by atoms with van der Waals surface area (Å²) in [7, 11) is 1.36. The van der Waals surface area contributed by atoms with Crippen molar-refractivity contribution in [2.24, 2.45) is 0 Å². The zero-order valence-electron chi connectivity index (χ0n) is 12.1. The monoisotopic (exact) mass is 262 g/mol. The van der Waals surface area contributed by atoms with Gasteiger partial charge in [-0.15, -0.1) is 0 Å². The third-order valence-electron chi connectivity index (χ3n) is 3.13. The van der Waals surface area contributed by atoms with Crippen molar-refractivity contribution in [3.63, 3.8) is 0 Å². The fraction of sp³-hybridized carbons (Fsp3) is 0.438. The maximum Gasteiger partial charge on any atom is 0.309 e. The molecule has 3 nitrogen and oxygen atoms in total. The highest BCUT2D eigenvalue weighted by atomic mass is 16.5. The topological polar surface area (TPSA) is 46.5 Å². The third-order valence-corrected chi connectivity index (χ3v) is 3.13. The molecule has 0 fully saturated rings. The summed E-state index contributed by atoms with van der Waals surface area (Å²) >= 11 is 0. The number of carbonyl (C=O) groups is 1. The SMILES string of the molecule is CC/C(=C(\CC(=O)OC)C(C)(C)O)c1ccccc1. The molecule has 0 aromatic heterocycles. The van der Waals surface area contributed by atoms with E-state index < -0.39 is 5.60 Å². The summed E-state index contributed by atoms with van der Waals surface area (Å²) in [5, 5.41) is 10.3. The van der Waals surface area contributed by atoms with E-state index in [2.05, 4.69) is 0 Å². The first-order chi connectivity index (χ1) is 8.90. The fourth-order valence-electron chi connectivity index (χ4n) is 2.14. The predicted octanol–water partition coefficient (Wildman–Crippen LogP) is 3.18. The number of carbonyl (C=O) groups excluding carboxylic acids is 1. The van der Waals surface area contributed by atoms with Crippen LogP contribution < -0.4 is 0 Å². The number of benzene rings is 1. The zero-order chi connectivity index (χ0) is 14.5. The van der Waals surface area contributed by atoms with E-state index in [1.807, 2.05) is 37.3 Å². The molecular weight excluding hydrogens is 240 g/mol. The number of rotatable bonds is 5. The van der Waals surface area contributed by atoms with Crippen molar-refractivity contribution in [1.29, 1.82) is 0 Å². The molecule has 0 amide bonds. The lowest BCUT2D eigenvalue weighted by molar-refractivity contribution is -0.140. The molecule has 0 radical (unpaired) electrons. The van der Waals surface area contributed by atoms with E-state index in [1.54, 1.807) is 13.8 Å². The van der Waals surface area contributed by atoms with E-state index in [0.717, 1.165) is 17.6 Å². The lowest BCUT2D eigenvalue weighted by Crippen LogP contribution is -2.25. The van der Waals surface area contributed by atoms with E-state index in [9.17, 15) is 9.90 Å². The van der Waals surface area contributed by atoms with Crippen LogP contribution in [0.3, 0.4) is 0 Å². The molecule has 0 bridgehead atoms. The van der Waals surface area contributed by atoms with Gasteiger partial charge in [0.15, 0.2) is 0 Å². The average molecular weight is 262 g/mol. The van der Waals surface area contributed by atoms with Gasteiger partial charge in [0.25, 0.3) is 0 Å². The quantitative estimate of drug-likeness (QED) is 0.829. The van der Waals surface area contributed by atoms with Crippen LogP contribution in [0.1, 0.15) is 39.2 Å². The number of hydrogen-bond acceptors (Lipinski definition) is 3. The van der Waals surface area contributed by atoms with Gasteiger partial charge in [-0.05, 0) is 37.0 Å². The van der Waals surface area contributed by atoms with Gasteiger partial charge in [0.2, 0.25) is 0 Å². The Kier molecular flexibility index (Phi) is 5.31. The Balaban J connectivity index is 3.31. The van der Waals surface area contributed by atoms with Crippen LogP contribution in [0.25, 0.3) is 5.57 Å². The molecule has 1 rings (SSSR count). The third kappa shape index (κ3) is 4.21. The van der Waals surface area contributed by atoms with Gasteiger partial charge in [-0.2, -0.15) is 0 Å². The first-order valence-corrected chi connectivity index (χ1v) is 6.47. The number of allylic oxidation sites excluding steroid dienone is 1.